The molecule has 2 heteroatoms. The van der Waals surface area contributed by atoms with Crippen molar-refractivity contribution in [1.29, 1.82) is 0 Å². The highest BCUT2D eigenvalue weighted by Crippen LogP contribution is 2.16. The average Bonchev–Trinajstić information content (AvgIpc) is 1.91. The number of ether oxygens (including phenoxy) is 2. The highest BCUT2D eigenvalue weighted by Gasteiger charge is 2.13. The number of hydrogen-bond donors (Lipinski definition) is 0. The first kappa shape index (κ1) is 7.03. The fraction of sp³-hybridized carbons (Fsp3) is 0.857. The van der Waals surface area contributed by atoms with Gasteiger partial charge in [-0.3, -0.25) is 0 Å². The molecular weight excluding hydrogens is 116 g/mol. The second kappa shape index (κ2) is 3.85. The molecule has 0 aromatic heterocycles. The summed E-state index contributed by atoms with van der Waals surface area (Å²) < 4.78 is 10.4. The molecule has 1 heterocycles. The molecule has 0 amide bonds. The molecule has 0 aromatic rings. The summed E-state index contributed by atoms with van der Waals surface area (Å²) in [6.07, 6.45) is 3.94. The monoisotopic (exact) mass is 129 g/mol. The largest absolute Gasteiger partial charge is 0.345 e. The van der Waals surface area contributed by atoms with Gasteiger partial charge in [0, 0.05) is 6.42 Å². The Hall–Kier alpha value is -0.0800. The summed E-state index contributed by atoms with van der Waals surface area (Å²) in [5.41, 5.74) is 0. The zero-order valence-corrected chi connectivity index (χ0v) is 5.85. The summed E-state index contributed by atoms with van der Waals surface area (Å²) in [5, 5.41) is 0. The van der Waals surface area contributed by atoms with Crippen molar-refractivity contribution in [2.75, 3.05) is 13.2 Å². The topological polar surface area (TPSA) is 18.5 Å². The van der Waals surface area contributed by atoms with Gasteiger partial charge in [-0.05, 0) is 6.42 Å². The highest BCUT2D eigenvalue weighted by atomic mass is 16.7. The highest BCUT2D eigenvalue weighted by molar-refractivity contribution is 4.67. The molecule has 0 saturated carbocycles. The van der Waals surface area contributed by atoms with E-state index in [1.165, 1.54) is 0 Å². The van der Waals surface area contributed by atoms with Gasteiger partial charge in [0.2, 0.25) is 6.29 Å². The van der Waals surface area contributed by atoms with Crippen LogP contribution in [0.2, 0.25) is 0 Å². The lowest BCUT2D eigenvalue weighted by Gasteiger charge is -2.20. The standard InChI is InChI=1S/C7H13O2/c1-2-4-7-8-5-3-6-9-7/h2-6H2,1H3. The Balaban J connectivity index is 2.08. The molecule has 0 N–H and O–H groups in total. The lowest BCUT2D eigenvalue weighted by molar-refractivity contribution is -0.0923. The Labute approximate surface area is 56.2 Å². The van der Waals surface area contributed by atoms with Gasteiger partial charge in [-0.25, -0.2) is 0 Å². The Morgan fingerprint density at radius 3 is 2.56 bits per heavy atom. The maximum Gasteiger partial charge on any atom is 0.223 e. The van der Waals surface area contributed by atoms with Crippen LogP contribution in [0.1, 0.15) is 26.2 Å². The SMILES string of the molecule is CCC[C]1OCCCO1. The molecule has 1 aliphatic rings. The van der Waals surface area contributed by atoms with Crippen LogP contribution in [0.25, 0.3) is 0 Å². The smallest absolute Gasteiger partial charge is 0.223 e. The zero-order valence-electron chi connectivity index (χ0n) is 5.85. The summed E-state index contributed by atoms with van der Waals surface area (Å²) in [7, 11) is 0. The first-order chi connectivity index (χ1) is 4.43. The van der Waals surface area contributed by atoms with E-state index in [0.29, 0.717) is 0 Å². The normalized spacial score (nSPS) is 22.3. The van der Waals surface area contributed by atoms with E-state index in [1.807, 2.05) is 0 Å². The lowest BCUT2D eigenvalue weighted by Crippen LogP contribution is -2.17. The van der Waals surface area contributed by atoms with E-state index in [0.717, 1.165) is 38.8 Å². The predicted octanol–water partition coefficient (Wildman–Crippen LogP) is 1.71. The Morgan fingerprint density at radius 1 is 1.33 bits per heavy atom. The molecule has 53 valence electrons. The fourth-order valence-electron chi connectivity index (χ4n) is 0.821. The minimum absolute atomic E-state index is 0.837. The third kappa shape index (κ3) is 2.33. The van der Waals surface area contributed by atoms with Crippen molar-refractivity contribution >= 4 is 0 Å². The van der Waals surface area contributed by atoms with Crippen molar-refractivity contribution < 1.29 is 9.47 Å². The molecule has 0 aliphatic carbocycles. The number of rotatable bonds is 2. The van der Waals surface area contributed by atoms with E-state index in [2.05, 4.69) is 6.92 Å². The van der Waals surface area contributed by atoms with Crippen LogP contribution in [0.15, 0.2) is 0 Å². The number of hydrogen-bond acceptors (Lipinski definition) is 2. The van der Waals surface area contributed by atoms with Crippen LogP contribution in [0.4, 0.5) is 0 Å². The van der Waals surface area contributed by atoms with Gasteiger partial charge < -0.3 is 9.47 Å². The molecule has 0 bridgehead atoms. The molecule has 1 rings (SSSR count). The van der Waals surface area contributed by atoms with Crippen LogP contribution < -0.4 is 0 Å². The summed E-state index contributed by atoms with van der Waals surface area (Å²) in [4.78, 5) is 0. The Kier molecular flexibility index (Phi) is 3.01. The first-order valence-corrected chi connectivity index (χ1v) is 3.55. The molecule has 1 radical (unpaired) electrons. The Morgan fingerprint density at radius 2 is 2.00 bits per heavy atom. The van der Waals surface area contributed by atoms with Gasteiger partial charge in [-0.1, -0.05) is 13.3 Å². The fourth-order valence-corrected chi connectivity index (χ4v) is 0.821. The van der Waals surface area contributed by atoms with Gasteiger partial charge in [-0.15, -0.1) is 0 Å². The quantitative estimate of drug-likeness (QED) is 0.565. The van der Waals surface area contributed by atoms with Crippen molar-refractivity contribution in [3.05, 3.63) is 6.29 Å². The molecule has 0 unspecified atom stereocenters. The summed E-state index contributed by atoms with van der Waals surface area (Å²) in [6, 6.07) is 0. The predicted molar refractivity (Wildman–Crippen MR) is 34.7 cm³/mol. The molecule has 9 heavy (non-hydrogen) atoms. The summed E-state index contributed by atoms with van der Waals surface area (Å²) in [5.74, 6) is 0. The van der Waals surface area contributed by atoms with Crippen molar-refractivity contribution in [2.24, 2.45) is 0 Å². The van der Waals surface area contributed by atoms with Crippen molar-refractivity contribution in [3.63, 3.8) is 0 Å². The van der Waals surface area contributed by atoms with Gasteiger partial charge in [-0.2, -0.15) is 0 Å². The van der Waals surface area contributed by atoms with Gasteiger partial charge in [0.1, 0.15) is 0 Å². The zero-order chi connectivity index (χ0) is 6.53. The third-order valence-corrected chi connectivity index (χ3v) is 1.27. The molecule has 0 atom stereocenters. The van der Waals surface area contributed by atoms with Crippen LogP contribution in [0.5, 0.6) is 0 Å². The second-order valence-corrected chi connectivity index (χ2v) is 2.17. The average molecular weight is 129 g/mol. The van der Waals surface area contributed by atoms with Crippen LogP contribution in [0, 0.1) is 6.29 Å². The summed E-state index contributed by atoms with van der Waals surface area (Å²) in [6.45, 7) is 3.80. The molecule has 1 saturated heterocycles. The summed E-state index contributed by atoms with van der Waals surface area (Å²) >= 11 is 0. The molecule has 2 nitrogen and oxygen atoms in total. The third-order valence-electron chi connectivity index (χ3n) is 1.27. The maximum atomic E-state index is 5.21. The van der Waals surface area contributed by atoms with Crippen LogP contribution in [-0.2, 0) is 9.47 Å². The first-order valence-electron chi connectivity index (χ1n) is 3.55. The molecular formula is C7H13O2. The second-order valence-electron chi connectivity index (χ2n) is 2.17. The van der Waals surface area contributed by atoms with Gasteiger partial charge in [0.05, 0.1) is 13.2 Å². The maximum absolute atomic E-state index is 5.21. The lowest BCUT2D eigenvalue weighted by atomic mass is 10.3. The van der Waals surface area contributed by atoms with E-state index in [-0.39, 0.29) is 0 Å². The van der Waals surface area contributed by atoms with E-state index < -0.39 is 0 Å². The van der Waals surface area contributed by atoms with Crippen molar-refractivity contribution in [2.45, 2.75) is 26.2 Å². The van der Waals surface area contributed by atoms with Gasteiger partial charge in [0.25, 0.3) is 0 Å². The molecule has 1 aliphatic heterocycles. The molecule has 0 spiro atoms. The van der Waals surface area contributed by atoms with Crippen molar-refractivity contribution in [3.8, 4) is 0 Å². The van der Waals surface area contributed by atoms with E-state index in [4.69, 9.17) is 9.47 Å². The van der Waals surface area contributed by atoms with E-state index in [9.17, 15) is 0 Å². The van der Waals surface area contributed by atoms with Crippen LogP contribution in [0.3, 0.4) is 0 Å². The van der Waals surface area contributed by atoms with Gasteiger partial charge in [0.15, 0.2) is 0 Å². The van der Waals surface area contributed by atoms with E-state index >= 15 is 0 Å². The van der Waals surface area contributed by atoms with E-state index in [1.54, 1.807) is 0 Å². The minimum Gasteiger partial charge on any atom is -0.345 e. The van der Waals surface area contributed by atoms with Crippen LogP contribution >= 0.6 is 0 Å². The Bertz CT molecular complexity index is 64.6. The minimum atomic E-state index is 0.837. The van der Waals surface area contributed by atoms with Crippen molar-refractivity contribution in [1.82, 2.24) is 0 Å². The van der Waals surface area contributed by atoms with Crippen LogP contribution in [-0.4, -0.2) is 13.2 Å². The molecule has 0 aromatic carbocycles. The molecule has 1 fully saturated rings. The van der Waals surface area contributed by atoms with Gasteiger partial charge >= 0.3 is 0 Å².